The first kappa shape index (κ1) is 14.3. The van der Waals surface area contributed by atoms with Gasteiger partial charge in [-0.2, -0.15) is 0 Å². The van der Waals surface area contributed by atoms with E-state index in [0.717, 1.165) is 5.56 Å². The molecule has 0 aromatic heterocycles. The van der Waals surface area contributed by atoms with E-state index in [2.05, 4.69) is 0 Å². The fraction of sp³-hybridized carbons (Fsp3) is 0.133. The number of ether oxygens (including phenoxy) is 1. The Labute approximate surface area is 120 Å². The van der Waals surface area contributed by atoms with E-state index in [0.29, 0.717) is 23.8 Å². The lowest BCUT2D eigenvalue weighted by atomic mass is 10.1. The highest BCUT2D eigenvalue weighted by Gasteiger charge is 2.06. The Bertz CT molecular complexity index is 611. The van der Waals surface area contributed by atoms with E-state index in [1.807, 2.05) is 0 Å². The van der Waals surface area contributed by atoms with Gasteiger partial charge in [0.1, 0.15) is 11.6 Å². The zero-order valence-electron chi connectivity index (χ0n) is 10.5. The van der Waals surface area contributed by atoms with Crippen LogP contribution in [0.2, 0.25) is 5.02 Å². The summed E-state index contributed by atoms with van der Waals surface area (Å²) in [5, 5.41) is 9.31. The molecule has 1 N–H and O–H groups in total. The monoisotopic (exact) mass is 294 g/mol. The molecular formula is C15H12ClFO3. The molecule has 0 bridgehead atoms. The van der Waals surface area contributed by atoms with Crippen molar-refractivity contribution < 1.29 is 19.0 Å². The molecule has 104 valence electrons. The molecule has 0 radical (unpaired) electrons. The molecule has 0 amide bonds. The largest absolute Gasteiger partial charge is 0.493 e. The Kier molecular flexibility index (Phi) is 4.58. The molecule has 0 saturated heterocycles. The minimum Gasteiger partial charge on any atom is -0.493 e. The van der Waals surface area contributed by atoms with Gasteiger partial charge in [-0.05, 0) is 48.0 Å². The minimum atomic E-state index is -1.02. The number of carboxylic acids is 1. The van der Waals surface area contributed by atoms with E-state index >= 15 is 0 Å². The molecule has 20 heavy (non-hydrogen) atoms. The number of hydrogen-bond acceptors (Lipinski definition) is 2. The van der Waals surface area contributed by atoms with Crippen LogP contribution >= 0.6 is 11.6 Å². The average Bonchev–Trinajstić information content (AvgIpc) is 2.40. The summed E-state index contributed by atoms with van der Waals surface area (Å²) in [5.74, 6) is -0.779. The maximum atomic E-state index is 12.7. The molecule has 0 atom stereocenters. The first-order chi connectivity index (χ1) is 9.54. The molecule has 0 heterocycles. The summed E-state index contributed by atoms with van der Waals surface area (Å²) in [4.78, 5) is 10.9. The van der Waals surface area contributed by atoms with Crippen molar-refractivity contribution in [2.45, 2.75) is 6.42 Å². The van der Waals surface area contributed by atoms with Gasteiger partial charge in [0.2, 0.25) is 0 Å². The Balaban J connectivity index is 1.97. The molecule has 0 aliphatic heterocycles. The fourth-order valence-corrected chi connectivity index (χ4v) is 1.99. The standard InChI is InChI=1S/C15H12ClFO3/c16-12-8-10(7-11(9-12)15(18)19)5-6-20-14-3-1-13(17)2-4-14/h1-4,7-9H,5-6H2,(H,18,19). The van der Waals surface area contributed by atoms with Gasteiger partial charge in [-0.15, -0.1) is 0 Å². The van der Waals surface area contributed by atoms with Gasteiger partial charge in [0, 0.05) is 11.4 Å². The second-order valence-corrected chi connectivity index (χ2v) is 4.64. The predicted octanol–water partition coefficient (Wildman–Crippen LogP) is 3.80. The Morgan fingerprint density at radius 1 is 1.20 bits per heavy atom. The minimum absolute atomic E-state index is 0.147. The van der Waals surface area contributed by atoms with Gasteiger partial charge < -0.3 is 9.84 Å². The molecule has 0 aliphatic carbocycles. The van der Waals surface area contributed by atoms with Crippen LogP contribution in [0.25, 0.3) is 0 Å². The molecule has 0 spiro atoms. The van der Waals surface area contributed by atoms with Crippen molar-refractivity contribution in [2.75, 3.05) is 6.61 Å². The van der Waals surface area contributed by atoms with Gasteiger partial charge in [0.05, 0.1) is 12.2 Å². The summed E-state index contributed by atoms with van der Waals surface area (Å²) in [7, 11) is 0. The highest BCUT2D eigenvalue weighted by atomic mass is 35.5. The number of carboxylic acid groups (broad SMARTS) is 1. The van der Waals surface area contributed by atoms with Crippen LogP contribution in [-0.2, 0) is 6.42 Å². The molecule has 3 nitrogen and oxygen atoms in total. The second kappa shape index (κ2) is 6.39. The van der Waals surface area contributed by atoms with E-state index in [-0.39, 0.29) is 11.4 Å². The van der Waals surface area contributed by atoms with Crippen LogP contribution in [0, 0.1) is 5.82 Å². The molecule has 0 aliphatic rings. The van der Waals surface area contributed by atoms with Gasteiger partial charge >= 0.3 is 5.97 Å². The lowest BCUT2D eigenvalue weighted by Gasteiger charge is -2.07. The molecule has 5 heteroatoms. The average molecular weight is 295 g/mol. The van der Waals surface area contributed by atoms with Crippen LogP contribution in [0.3, 0.4) is 0 Å². The van der Waals surface area contributed by atoms with Crippen LogP contribution in [0.4, 0.5) is 4.39 Å². The summed E-state index contributed by atoms with van der Waals surface area (Å²) < 4.78 is 18.2. The molecule has 0 saturated carbocycles. The summed E-state index contributed by atoms with van der Waals surface area (Å²) in [5.41, 5.74) is 0.922. The molecule has 2 aromatic rings. The van der Waals surface area contributed by atoms with Crippen molar-refractivity contribution in [1.29, 1.82) is 0 Å². The van der Waals surface area contributed by atoms with Crippen LogP contribution < -0.4 is 4.74 Å². The SMILES string of the molecule is O=C(O)c1cc(Cl)cc(CCOc2ccc(F)cc2)c1. The Hall–Kier alpha value is -2.07. The van der Waals surface area contributed by atoms with Crippen molar-refractivity contribution in [3.8, 4) is 5.75 Å². The molecule has 2 aromatic carbocycles. The van der Waals surface area contributed by atoms with E-state index in [9.17, 15) is 9.18 Å². The van der Waals surface area contributed by atoms with Crippen LogP contribution in [0.1, 0.15) is 15.9 Å². The van der Waals surface area contributed by atoms with Gasteiger partial charge in [0.25, 0.3) is 0 Å². The Morgan fingerprint density at radius 2 is 1.90 bits per heavy atom. The van der Waals surface area contributed by atoms with E-state index in [1.54, 1.807) is 12.1 Å². The highest BCUT2D eigenvalue weighted by molar-refractivity contribution is 6.31. The summed E-state index contributed by atoms with van der Waals surface area (Å²) >= 11 is 5.86. The van der Waals surface area contributed by atoms with Crippen molar-refractivity contribution >= 4 is 17.6 Å². The summed E-state index contributed by atoms with van der Waals surface area (Å²) in [6.07, 6.45) is 0.512. The van der Waals surface area contributed by atoms with Crippen molar-refractivity contribution in [3.63, 3.8) is 0 Å². The molecule has 2 rings (SSSR count). The maximum Gasteiger partial charge on any atom is 0.335 e. The third-order valence-corrected chi connectivity index (χ3v) is 2.90. The van der Waals surface area contributed by atoms with Crippen molar-refractivity contribution in [3.05, 3.63) is 64.4 Å². The lowest BCUT2D eigenvalue weighted by Crippen LogP contribution is -2.03. The van der Waals surface area contributed by atoms with Crippen molar-refractivity contribution in [1.82, 2.24) is 0 Å². The van der Waals surface area contributed by atoms with Crippen LogP contribution in [0.15, 0.2) is 42.5 Å². The highest BCUT2D eigenvalue weighted by Crippen LogP contribution is 2.17. The van der Waals surface area contributed by atoms with Gasteiger partial charge in [-0.3, -0.25) is 0 Å². The lowest BCUT2D eigenvalue weighted by molar-refractivity contribution is 0.0696. The second-order valence-electron chi connectivity index (χ2n) is 4.21. The van der Waals surface area contributed by atoms with Gasteiger partial charge in [0.15, 0.2) is 0 Å². The fourth-order valence-electron chi connectivity index (χ4n) is 1.74. The molecule has 0 fully saturated rings. The quantitative estimate of drug-likeness (QED) is 0.912. The zero-order valence-corrected chi connectivity index (χ0v) is 11.2. The number of rotatable bonds is 5. The van der Waals surface area contributed by atoms with Crippen LogP contribution in [-0.4, -0.2) is 17.7 Å². The van der Waals surface area contributed by atoms with E-state index < -0.39 is 5.97 Å². The first-order valence-electron chi connectivity index (χ1n) is 5.96. The third kappa shape index (κ3) is 3.96. The van der Waals surface area contributed by atoms with Crippen LogP contribution in [0.5, 0.6) is 5.75 Å². The Morgan fingerprint density at radius 3 is 2.55 bits per heavy atom. The number of benzene rings is 2. The van der Waals surface area contributed by atoms with Gasteiger partial charge in [-0.25, -0.2) is 9.18 Å². The zero-order chi connectivity index (χ0) is 14.5. The summed E-state index contributed by atoms with van der Waals surface area (Å²) in [6, 6.07) is 10.4. The smallest absolute Gasteiger partial charge is 0.335 e. The summed E-state index contributed by atoms with van der Waals surface area (Å²) in [6.45, 7) is 0.352. The maximum absolute atomic E-state index is 12.7. The normalized spacial score (nSPS) is 10.3. The number of aromatic carboxylic acids is 1. The predicted molar refractivity (Wildman–Crippen MR) is 74.0 cm³/mol. The first-order valence-corrected chi connectivity index (χ1v) is 6.33. The van der Waals surface area contributed by atoms with Crippen molar-refractivity contribution in [2.24, 2.45) is 0 Å². The van der Waals surface area contributed by atoms with E-state index in [4.69, 9.17) is 21.4 Å². The van der Waals surface area contributed by atoms with E-state index in [1.165, 1.54) is 30.3 Å². The number of carbonyl (C=O) groups is 1. The molecular weight excluding hydrogens is 283 g/mol. The third-order valence-electron chi connectivity index (χ3n) is 2.68. The number of halogens is 2. The topological polar surface area (TPSA) is 46.5 Å². The molecule has 0 unspecified atom stereocenters. The number of hydrogen-bond donors (Lipinski definition) is 1. The van der Waals surface area contributed by atoms with Gasteiger partial charge in [-0.1, -0.05) is 11.6 Å².